The molecule has 0 amide bonds. The number of benzene rings is 6. The molecule has 7 rings (SSSR count). The highest BCUT2D eigenvalue weighted by atomic mass is 35.5. The Morgan fingerprint density at radius 3 is 1.96 bits per heavy atom. The molecule has 1 heterocycles. The maximum absolute atomic E-state index is 13.3. The van der Waals surface area contributed by atoms with Crippen LogP contribution in [0.2, 0.25) is 0 Å². The van der Waals surface area contributed by atoms with Crippen LogP contribution < -0.4 is 15.2 Å². The zero-order chi connectivity index (χ0) is 37.6. The Labute approximate surface area is 310 Å². The van der Waals surface area contributed by atoms with Crippen molar-refractivity contribution in [2.24, 2.45) is 5.73 Å². The van der Waals surface area contributed by atoms with Gasteiger partial charge in [-0.1, -0.05) is 72.8 Å². The predicted octanol–water partition coefficient (Wildman–Crippen LogP) is 7.23. The molecule has 1 aromatic heterocycles. The van der Waals surface area contributed by atoms with Gasteiger partial charge in [-0.15, -0.1) is 11.6 Å². The van der Waals surface area contributed by atoms with E-state index in [1.54, 1.807) is 54.6 Å². The average molecular weight is 773 g/mol. The van der Waals surface area contributed by atoms with E-state index >= 15 is 0 Å². The maximum atomic E-state index is 13.3. The van der Waals surface area contributed by atoms with E-state index in [-0.39, 0.29) is 44.3 Å². The van der Waals surface area contributed by atoms with Gasteiger partial charge in [0.25, 0.3) is 5.69 Å². The summed E-state index contributed by atoms with van der Waals surface area (Å²) in [5.41, 5.74) is 5.76. The summed E-state index contributed by atoms with van der Waals surface area (Å²) in [5, 5.41) is 21.8. The van der Waals surface area contributed by atoms with Gasteiger partial charge in [-0.2, -0.15) is 5.10 Å². The van der Waals surface area contributed by atoms with Gasteiger partial charge in [0.1, 0.15) is 24.7 Å². The van der Waals surface area contributed by atoms with Gasteiger partial charge in [-0.25, -0.2) is 16.8 Å². The molecule has 6 aromatic carbocycles. The monoisotopic (exact) mass is 772 g/mol. The third-order valence-corrected chi connectivity index (χ3v) is 11.9. The number of nitrogens with zero attached hydrogens (tertiary/aromatic N) is 2. The molecule has 0 aliphatic carbocycles. The van der Waals surface area contributed by atoms with Crippen molar-refractivity contribution in [1.29, 1.82) is 0 Å². The summed E-state index contributed by atoms with van der Waals surface area (Å²) in [6.07, 6.45) is 0. The Kier molecular flexibility index (Phi) is 11.2. The van der Waals surface area contributed by atoms with Crippen molar-refractivity contribution in [2.75, 3.05) is 25.6 Å². The van der Waals surface area contributed by atoms with Crippen LogP contribution in [0.1, 0.15) is 5.56 Å². The van der Waals surface area contributed by atoms with Crippen LogP contribution in [0.4, 0.5) is 5.69 Å². The van der Waals surface area contributed by atoms with E-state index in [1.165, 1.54) is 24.3 Å². The molecule has 0 saturated carbocycles. The second-order valence-electron chi connectivity index (χ2n) is 11.7. The second kappa shape index (κ2) is 16.0. The summed E-state index contributed by atoms with van der Waals surface area (Å²) in [5.74, 6) is 0.634. The first-order valence-corrected chi connectivity index (χ1v) is 19.9. The first-order chi connectivity index (χ1) is 25.5. The van der Waals surface area contributed by atoms with E-state index in [4.69, 9.17) is 26.8 Å². The molecule has 3 N–H and O–H groups in total. The molecule has 0 aliphatic heterocycles. The summed E-state index contributed by atoms with van der Waals surface area (Å²) in [6, 6.07) is 34.0. The second-order valence-corrected chi connectivity index (χ2v) is 15.9. The first kappa shape index (κ1) is 37.2. The van der Waals surface area contributed by atoms with Gasteiger partial charge in [-0.3, -0.25) is 15.2 Å². The number of nitro benzene ring substituents is 1. The highest BCUT2D eigenvalue weighted by molar-refractivity contribution is 7.92. The van der Waals surface area contributed by atoms with Crippen molar-refractivity contribution in [3.8, 4) is 11.5 Å². The van der Waals surface area contributed by atoms with Crippen molar-refractivity contribution < 1.29 is 31.2 Å². The molecule has 7 aromatic rings. The lowest BCUT2D eigenvalue weighted by Gasteiger charge is -2.10. The Morgan fingerprint density at radius 2 is 1.30 bits per heavy atom. The van der Waals surface area contributed by atoms with Gasteiger partial charge >= 0.3 is 0 Å². The summed E-state index contributed by atoms with van der Waals surface area (Å²) < 4.78 is 63.2. The maximum Gasteiger partial charge on any atom is 0.277 e. The molecule has 0 bridgehead atoms. The molecule has 0 saturated heterocycles. The first-order valence-electron chi connectivity index (χ1n) is 16.2. The summed E-state index contributed by atoms with van der Waals surface area (Å²) in [4.78, 5) is 11.2. The Morgan fingerprint density at radius 1 is 0.717 bits per heavy atom. The molecule has 0 fully saturated rings. The van der Waals surface area contributed by atoms with Crippen LogP contribution in [-0.4, -0.2) is 57.6 Å². The Hall–Kier alpha value is -5.54. The van der Waals surface area contributed by atoms with E-state index in [9.17, 15) is 26.9 Å². The van der Waals surface area contributed by atoms with Crippen molar-refractivity contribution in [2.45, 2.75) is 20.6 Å². The van der Waals surface area contributed by atoms with Crippen LogP contribution in [0.3, 0.4) is 0 Å². The van der Waals surface area contributed by atoms with Gasteiger partial charge in [-0.05, 0) is 47.2 Å². The van der Waals surface area contributed by atoms with Gasteiger partial charge in [0, 0.05) is 34.3 Å². The normalized spacial score (nSPS) is 11.7. The minimum Gasteiger partial charge on any atom is -0.492 e. The standard InChI is InChI=1S/C19H16ClNO5S.C19H17N3O3S/c20-10-11-26-16-9-8-15(18(12-16)21(22)23)13-27(24,25)19-7-3-5-14-4-1-2-6-17(14)19;20-10-11-25-14-8-9-16-17(12-14)21-22-19(16)26(23,24)18-7-3-5-13-4-1-2-6-15(13)18/h1-9,12H,10-11,13H2;1-9,12H,10-11,20H2,(H,21,22). The van der Waals surface area contributed by atoms with E-state index in [2.05, 4.69) is 10.2 Å². The fourth-order valence-corrected chi connectivity index (χ4v) is 9.08. The van der Waals surface area contributed by atoms with Gasteiger partial charge in [0.2, 0.25) is 9.84 Å². The number of rotatable bonds is 12. The van der Waals surface area contributed by atoms with Crippen molar-refractivity contribution in [3.05, 3.63) is 137 Å². The fraction of sp³-hybridized carbons (Fsp3) is 0.132. The molecule has 12 nitrogen and oxygen atoms in total. The van der Waals surface area contributed by atoms with Crippen molar-refractivity contribution >= 4 is 69.4 Å². The number of hydrogen-bond donors (Lipinski definition) is 2. The SMILES string of the molecule is NCCOc1ccc2c(S(=O)(=O)c3cccc4ccccc34)[nH]nc2c1.O=[N+]([O-])c1cc(OCCCl)ccc1CS(=O)(=O)c1cccc2ccccc12. The van der Waals surface area contributed by atoms with E-state index in [0.717, 1.165) is 10.8 Å². The van der Waals surface area contributed by atoms with Crippen LogP contribution in [0.5, 0.6) is 11.5 Å². The molecule has 0 aliphatic rings. The molecule has 0 radical (unpaired) electrons. The van der Waals surface area contributed by atoms with Crippen LogP contribution in [0.25, 0.3) is 32.4 Å². The molecule has 0 atom stereocenters. The third-order valence-electron chi connectivity index (χ3n) is 8.22. The quantitative estimate of drug-likeness (QED) is 0.0730. The number of nitrogens with one attached hydrogen (secondary N) is 1. The lowest BCUT2D eigenvalue weighted by molar-refractivity contribution is -0.385. The number of fused-ring (bicyclic) bond motifs is 3. The third kappa shape index (κ3) is 8.10. The van der Waals surface area contributed by atoms with E-state index in [0.29, 0.717) is 40.6 Å². The van der Waals surface area contributed by atoms with Crippen LogP contribution in [0.15, 0.2) is 136 Å². The largest absolute Gasteiger partial charge is 0.492 e. The Bertz CT molecular complexity index is 2660. The number of nitro groups is 1. The van der Waals surface area contributed by atoms with Gasteiger partial charge < -0.3 is 15.2 Å². The minimum atomic E-state index is -3.79. The fourth-order valence-electron chi connectivity index (χ4n) is 5.81. The number of H-pyrrole nitrogens is 1. The van der Waals surface area contributed by atoms with E-state index < -0.39 is 30.4 Å². The zero-order valence-electron chi connectivity index (χ0n) is 28.0. The molecule has 15 heteroatoms. The lowest BCUT2D eigenvalue weighted by Crippen LogP contribution is -2.10. The molecule has 0 spiro atoms. The van der Waals surface area contributed by atoms with E-state index in [1.807, 2.05) is 42.5 Å². The zero-order valence-corrected chi connectivity index (χ0v) is 30.4. The number of halogens is 1. The number of aromatic amines is 1. The number of hydrogen-bond acceptors (Lipinski definition) is 10. The highest BCUT2D eigenvalue weighted by Crippen LogP contribution is 2.33. The molecule has 272 valence electrons. The topological polar surface area (TPSA) is 185 Å². The number of aromatic nitrogens is 2. The minimum absolute atomic E-state index is 0.0780. The molecule has 53 heavy (non-hydrogen) atoms. The lowest BCUT2D eigenvalue weighted by atomic mass is 10.1. The van der Waals surface area contributed by atoms with Crippen LogP contribution >= 0.6 is 11.6 Å². The van der Waals surface area contributed by atoms with Gasteiger partial charge in [0.05, 0.1) is 37.9 Å². The molecular formula is C38H33ClN4O8S2. The van der Waals surface area contributed by atoms with Crippen molar-refractivity contribution in [1.82, 2.24) is 10.2 Å². The number of nitrogens with two attached hydrogens (primary N) is 1. The molecule has 0 unspecified atom stereocenters. The highest BCUT2D eigenvalue weighted by Gasteiger charge is 2.26. The average Bonchev–Trinajstić information content (AvgIpc) is 3.60. The smallest absolute Gasteiger partial charge is 0.277 e. The van der Waals surface area contributed by atoms with Crippen molar-refractivity contribution in [3.63, 3.8) is 0 Å². The van der Waals surface area contributed by atoms with Gasteiger partial charge in [0.15, 0.2) is 14.9 Å². The number of sulfone groups is 2. The summed E-state index contributed by atoms with van der Waals surface area (Å²) in [6.45, 7) is 0.989. The van der Waals surface area contributed by atoms with Crippen LogP contribution in [-0.2, 0) is 25.4 Å². The molecular weight excluding hydrogens is 740 g/mol. The predicted molar refractivity (Wildman–Crippen MR) is 204 cm³/mol. The summed E-state index contributed by atoms with van der Waals surface area (Å²) in [7, 11) is -7.55. The summed E-state index contributed by atoms with van der Waals surface area (Å²) >= 11 is 5.55. The number of alkyl halides is 1. The van der Waals surface area contributed by atoms with Crippen LogP contribution in [0, 0.1) is 10.1 Å². The number of ether oxygens (including phenoxy) is 2. The Balaban J connectivity index is 0.000000181.